The maximum atomic E-state index is 14.4. The molecule has 2 unspecified atom stereocenters. The first-order chi connectivity index (χ1) is 17.5. The molecule has 2 atom stereocenters. The van der Waals surface area contributed by atoms with Gasteiger partial charge in [0, 0.05) is 42.1 Å². The SMILES string of the molecule is COC(=O)c1ccc(-c2noc(C3=CC(C)(CN4CCOCC4)C(c4ccccc4)C=C3)n2)cc1F. The first-order valence-corrected chi connectivity index (χ1v) is 12.0. The van der Waals surface area contributed by atoms with Crippen LogP contribution in [0, 0.1) is 11.2 Å². The normalized spacial score (nSPS) is 22.3. The number of halogens is 1. The molecule has 1 saturated heterocycles. The smallest absolute Gasteiger partial charge is 0.340 e. The van der Waals surface area contributed by atoms with Gasteiger partial charge < -0.3 is 14.0 Å². The minimum atomic E-state index is -0.738. The van der Waals surface area contributed by atoms with Crippen molar-refractivity contribution < 1.29 is 23.2 Å². The van der Waals surface area contributed by atoms with Gasteiger partial charge in [0.2, 0.25) is 5.82 Å². The van der Waals surface area contributed by atoms with Gasteiger partial charge in [0.25, 0.3) is 5.89 Å². The molecule has 1 aromatic heterocycles. The van der Waals surface area contributed by atoms with E-state index in [9.17, 15) is 9.18 Å². The fraction of sp³-hybridized carbons (Fsp3) is 0.321. The van der Waals surface area contributed by atoms with Crippen LogP contribution in [0.5, 0.6) is 0 Å². The van der Waals surface area contributed by atoms with Crippen molar-refractivity contribution in [1.29, 1.82) is 0 Å². The Morgan fingerprint density at radius 1 is 1.19 bits per heavy atom. The first-order valence-electron chi connectivity index (χ1n) is 12.0. The molecule has 1 aliphatic carbocycles. The van der Waals surface area contributed by atoms with Crippen LogP contribution in [0.3, 0.4) is 0 Å². The monoisotopic (exact) mass is 489 g/mol. The Hall–Kier alpha value is -3.62. The predicted octanol–water partition coefficient (Wildman–Crippen LogP) is 4.74. The standard InChI is InChI=1S/C28H28FN3O4/c1-28(18-32-12-14-35-15-13-32)17-21(9-11-23(28)19-6-4-3-5-7-19)26-30-25(31-36-26)20-8-10-22(24(29)16-20)27(33)34-2/h3-11,16-17,23H,12-15,18H2,1-2H3. The van der Waals surface area contributed by atoms with Gasteiger partial charge >= 0.3 is 5.97 Å². The minimum Gasteiger partial charge on any atom is -0.465 e. The number of nitrogens with zero attached hydrogens (tertiary/aromatic N) is 3. The zero-order chi connectivity index (χ0) is 25.1. The summed E-state index contributed by atoms with van der Waals surface area (Å²) < 4.78 is 30.2. The molecule has 1 aliphatic heterocycles. The molecule has 0 saturated carbocycles. The molecule has 1 fully saturated rings. The highest BCUT2D eigenvalue weighted by Gasteiger charge is 2.37. The van der Waals surface area contributed by atoms with Crippen LogP contribution in [0.25, 0.3) is 17.0 Å². The van der Waals surface area contributed by atoms with E-state index < -0.39 is 11.8 Å². The van der Waals surface area contributed by atoms with Crippen LogP contribution in [0.15, 0.2) is 71.3 Å². The average molecular weight is 490 g/mol. The summed E-state index contributed by atoms with van der Waals surface area (Å²) in [6.45, 7) is 6.35. The third kappa shape index (κ3) is 4.87. The first kappa shape index (κ1) is 24.1. The highest BCUT2D eigenvalue weighted by Crippen LogP contribution is 2.44. The van der Waals surface area contributed by atoms with Crippen molar-refractivity contribution in [1.82, 2.24) is 15.0 Å². The average Bonchev–Trinajstić information content (AvgIpc) is 3.39. The van der Waals surface area contributed by atoms with E-state index in [1.54, 1.807) is 6.07 Å². The van der Waals surface area contributed by atoms with Crippen molar-refractivity contribution in [3.8, 4) is 11.4 Å². The van der Waals surface area contributed by atoms with E-state index in [1.807, 2.05) is 12.1 Å². The van der Waals surface area contributed by atoms with E-state index in [2.05, 4.69) is 63.1 Å². The van der Waals surface area contributed by atoms with Crippen LogP contribution in [0.2, 0.25) is 0 Å². The molecule has 0 radical (unpaired) electrons. The molecule has 0 amide bonds. The maximum absolute atomic E-state index is 14.4. The lowest BCUT2D eigenvalue weighted by atomic mass is 9.69. The zero-order valence-corrected chi connectivity index (χ0v) is 20.3. The van der Waals surface area contributed by atoms with Gasteiger partial charge in [-0.2, -0.15) is 4.98 Å². The molecule has 2 aliphatic rings. The fourth-order valence-electron chi connectivity index (χ4n) is 4.97. The van der Waals surface area contributed by atoms with Gasteiger partial charge in [-0.25, -0.2) is 9.18 Å². The number of rotatable bonds is 6. The second-order valence-electron chi connectivity index (χ2n) is 9.35. The molecule has 36 heavy (non-hydrogen) atoms. The lowest BCUT2D eigenvalue weighted by Crippen LogP contribution is -2.44. The number of esters is 1. The molecule has 3 aromatic rings. The van der Waals surface area contributed by atoms with Gasteiger partial charge in [-0.05, 0) is 23.8 Å². The molecular weight excluding hydrogens is 461 g/mol. The van der Waals surface area contributed by atoms with E-state index in [0.29, 0.717) is 11.5 Å². The van der Waals surface area contributed by atoms with E-state index >= 15 is 0 Å². The third-order valence-electron chi connectivity index (χ3n) is 6.80. The van der Waals surface area contributed by atoms with Crippen LogP contribution >= 0.6 is 0 Å². The topological polar surface area (TPSA) is 77.7 Å². The van der Waals surface area contributed by atoms with E-state index in [1.165, 1.54) is 24.8 Å². The molecule has 2 aromatic carbocycles. The van der Waals surface area contributed by atoms with Crippen LogP contribution in [-0.4, -0.2) is 61.0 Å². The maximum Gasteiger partial charge on any atom is 0.340 e. The molecule has 186 valence electrons. The summed E-state index contributed by atoms with van der Waals surface area (Å²) in [5, 5.41) is 4.07. The summed E-state index contributed by atoms with van der Waals surface area (Å²) in [5.41, 5.74) is 2.10. The second-order valence-corrected chi connectivity index (χ2v) is 9.35. The van der Waals surface area contributed by atoms with Crippen LogP contribution in [-0.2, 0) is 9.47 Å². The largest absolute Gasteiger partial charge is 0.465 e. The number of hydrogen-bond donors (Lipinski definition) is 0. The summed E-state index contributed by atoms with van der Waals surface area (Å²) in [6, 6.07) is 14.6. The van der Waals surface area contributed by atoms with Gasteiger partial charge in [-0.1, -0.05) is 60.6 Å². The van der Waals surface area contributed by atoms with E-state index in [0.717, 1.165) is 38.4 Å². The quantitative estimate of drug-likeness (QED) is 0.463. The van der Waals surface area contributed by atoms with Crippen molar-refractivity contribution in [2.75, 3.05) is 40.0 Å². The Balaban J connectivity index is 1.45. The number of allylic oxidation sites excluding steroid dienone is 3. The minimum absolute atomic E-state index is 0.145. The zero-order valence-electron chi connectivity index (χ0n) is 20.3. The Morgan fingerprint density at radius 3 is 2.69 bits per heavy atom. The Bertz CT molecular complexity index is 1300. The van der Waals surface area contributed by atoms with Crippen LogP contribution in [0.1, 0.15) is 34.7 Å². The lowest BCUT2D eigenvalue weighted by Gasteiger charge is -2.41. The Labute approximate surface area is 209 Å². The summed E-state index contributed by atoms with van der Waals surface area (Å²) in [7, 11) is 1.21. The highest BCUT2D eigenvalue weighted by molar-refractivity contribution is 5.90. The van der Waals surface area contributed by atoms with E-state index in [-0.39, 0.29) is 22.7 Å². The van der Waals surface area contributed by atoms with Gasteiger partial charge in [0.05, 0.1) is 25.9 Å². The number of carbonyl (C=O) groups is 1. The number of benzene rings is 2. The van der Waals surface area contributed by atoms with Crippen molar-refractivity contribution in [3.05, 3.63) is 89.6 Å². The Morgan fingerprint density at radius 2 is 1.97 bits per heavy atom. The number of hydrogen-bond acceptors (Lipinski definition) is 7. The third-order valence-corrected chi connectivity index (χ3v) is 6.80. The molecule has 0 spiro atoms. The van der Waals surface area contributed by atoms with Crippen molar-refractivity contribution >= 4 is 11.5 Å². The molecule has 5 rings (SSSR count). The van der Waals surface area contributed by atoms with Gasteiger partial charge in [0.1, 0.15) is 5.82 Å². The Kier molecular flexibility index (Phi) is 6.80. The summed E-state index contributed by atoms with van der Waals surface area (Å²) in [5.74, 6) is -0.662. The van der Waals surface area contributed by atoms with Gasteiger partial charge in [-0.3, -0.25) is 4.90 Å². The molecule has 0 N–H and O–H groups in total. The van der Waals surface area contributed by atoms with Crippen LogP contribution < -0.4 is 0 Å². The number of carbonyl (C=O) groups excluding carboxylic acids is 1. The summed E-state index contributed by atoms with van der Waals surface area (Å²) in [4.78, 5) is 18.7. The van der Waals surface area contributed by atoms with Crippen molar-refractivity contribution in [2.24, 2.45) is 5.41 Å². The number of methoxy groups -OCH3 is 1. The van der Waals surface area contributed by atoms with Gasteiger partial charge in [0.15, 0.2) is 0 Å². The number of ether oxygens (including phenoxy) is 2. The summed E-state index contributed by atoms with van der Waals surface area (Å²) in [6.07, 6.45) is 6.41. The highest BCUT2D eigenvalue weighted by atomic mass is 19.1. The second kappa shape index (κ2) is 10.2. The molecule has 8 heteroatoms. The lowest BCUT2D eigenvalue weighted by molar-refractivity contribution is 0.0232. The predicted molar refractivity (Wildman–Crippen MR) is 133 cm³/mol. The van der Waals surface area contributed by atoms with Gasteiger partial charge in [-0.15, -0.1) is 0 Å². The number of aromatic nitrogens is 2. The van der Waals surface area contributed by atoms with Crippen molar-refractivity contribution in [3.63, 3.8) is 0 Å². The molecule has 2 heterocycles. The number of morpholine rings is 1. The fourth-order valence-corrected chi connectivity index (χ4v) is 4.97. The van der Waals surface area contributed by atoms with Crippen LogP contribution in [0.4, 0.5) is 4.39 Å². The van der Waals surface area contributed by atoms with E-state index in [4.69, 9.17) is 9.26 Å². The molecular formula is C28H28FN3O4. The summed E-state index contributed by atoms with van der Waals surface area (Å²) >= 11 is 0. The molecule has 7 nitrogen and oxygen atoms in total. The molecule has 0 bridgehead atoms. The van der Waals surface area contributed by atoms with Crippen molar-refractivity contribution in [2.45, 2.75) is 12.8 Å².